The van der Waals surface area contributed by atoms with Crippen molar-refractivity contribution in [1.82, 2.24) is 0 Å². The van der Waals surface area contributed by atoms with Gasteiger partial charge in [0.15, 0.2) is 0 Å². The molecular formula is C7H16BP. The zero-order valence-electron chi connectivity index (χ0n) is 6.59. The molecule has 0 rings (SSSR count). The van der Waals surface area contributed by atoms with Gasteiger partial charge in [0.2, 0.25) is 0 Å². The lowest BCUT2D eigenvalue weighted by Gasteiger charge is -2.05. The van der Waals surface area contributed by atoms with Gasteiger partial charge in [-0.15, -0.1) is 9.24 Å². The average Bonchev–Trinajstić information content (AvgIpc) is 1.63. The van der Waals surface area contributed by atoms with Crippen LogP contribution < -0.4 is 0 Å². The van der Waals surface area contributed by atoms with Crippen molar-refractivity contribution in [2.24, 2.45) is 0 Å². The van der Waals surface area contributed by atoms with E-state index < -0.39 is 0 Å². The van der Waals surface area contributed by atoms with E-state index in [2.05, 4.69) is 42.2 Å². The zero-order chi connectivity index (χ0) is 7.28. The first-order valence-corrected chi connectivity index (χ1v) is 4.22. The molecule has 0 amide bonds. The van der Waals surface area contributed by atoms with Crippen molar-refractivity contribution in [2.45, 2.75) is 32.1 Å². The Kier molecular flexibility index (Phi) is 5.19. The lowest BCUT2D eigenvalue weighted by Crippen LogP contribution is -2.07. The Labute approximate surface area is 61.6 Å². The van der Waals surface area contributed by atoms with Crippen LogP contribution in [-0.4, -0.2) is 12.8 Å². The third kappa shape index (κ3) is 6.12. The van der Waals surface area contributed by atoms with E-state index >= 15 is 0 Å². The number of rotatable bonds is 3. The molecule has 0 heterocycles. The molecule has 0 saturated carbocycles. The maximum Gasteiger partial charge on any atom is 0.136 e. The van der Waals surface area contributed by atoms with E-state index in [0.717, 1.165) is 11.4 Å². The molecule has 0 aliphatic heterocycles. The van der Waals surface area contributed by atoms with Crippen molar-refractivity contribution in [1.29, 1.82) is 0 Å². The maximum atomic E-state index is 2.82. The van der Waals surface area contributed by atoms with Gasteiger partial charge in [-0.25, -0.2) is 0 Å². The van der Waals surface area contributed by atoms with Gasteiger partial charge in [0.25, 0.3) is 0 Å². The van der Waals surface area contributed by atoms with Crippen LogP contribution in [0.25, 0.3) is 0 Å². The van der Waals surface area contributed by atoms with Crippen LogP contribution >= 0.6 is 9.24 Å². The lowest BCUT2D eigenvalue weighted by atomic mass is 9.63. The van der Waals surface area contributed by atoms with Crippen LogP contribution in [0.1, 0.15) is 20.8 Å². The first-order valence-electron chi connectivity index (χ1n) is 3.55. The third-order valence-electron chi connectivity index (χ3n) is 1.26. The summed E-state index contributed by atoms with van der Waals surface area (Å²) in [5.41, 5.74) is 0.746. The Balaban J connectivity index is 3.38. The highest BCUT2D eigenvalue weighted by atomic mass is 31.0. The molecule has 0 nitrogen and oxygen atoms in total. The van der Waals surface area contributed by atoms with Gasteiger partial charge in [0, 0.05) is 0 Å². The number of hydrogen-bond acceptors (Lipinski definition) is 0. The molecule has 0 N–H and O–H groups in total. The molecule has 0 aromatic heterocycles. The Hall–Kier alpha value is 0.235. The van der Waals surface area contributed by atoms with E-state index in [-0.39, 0.29) is 0 Å². The molecule has 9 heavy (non-hydrogen) atoms. The van der Waals surface area contributed by atoms with Gasteiger partial charge in [-0.05, 0) is 6.92 Å². The van der Waals surface area contributed by atoms with Crippen molar-refractivity contribution < 1.29 is 0 Å². The summed E-state index contributed by atoms with van der Waals surface area (Å²) in [7, 11) is 4.09. The molecule has 0 bridgehead atoms. The van der Waals surface area contributed by atoms with Crippen LogP contribution in [-0.2, 0) is 0 Å². The summed E-state index contributed by atoms with van der Waals surface area (Å²) in [6, 6.07) is 0. The Bertz CT molecular complexity index is 88.9. The van der Waals surface area contributed by atoms with Gasteiger partial charge in [-0.2, -0.15) is 0 Å². The summed E-state index contributed by atoms with van der Waals surface area (Å²) in [5, 5.41) is 0. The summed E-state index contributed by atoms with van der Waals surface area (Å²) < 4.78 is 0. The Morgan fingerprint density at radius 2 is 2.00 bits per heavy atom. The van der Waals surface area contributed by atoms with Crippen molar-refractivity contribution in [3.05, 3.63) is 12.2 Å². The minimum atomic E-state index is 0.738. The SMILES string of the molecule is CC=CC(C)BC(C)P. The smallest absolute Gasteiger partial charge is 0.136 e. The van der Waals surface area contributed by atoms with Crippen LogP contribution in [0, 0.1) is 0 Å². The van der Waals surface area contributed by atoms with Crippen LogP contribution in [0.2, 0.25) is 5.82 Å². The fourth-order valence-electron chi connectivity index (χ4n) is 0.994. The van der Waals surface area contributed by atoms with Gasteiger partial charge in [0.05, 0.1) is 0 Å². The quantitative estimate of drug-likeness (QED) is 0.321. The summed E-state index contributed by atoms with van der Waals surface area (Å²) in [4.78, 5) is 0. The standard InChI is InChI=1S/C7H16BP/c1-4-5-6(2)8-7(3)9/h4-8H,9H2,1-3H3. The van der Waals surface area contributed by atoms with Crippen LogP contribution in [0.3, 0.4) is 0 Å². The lowest BCUT2D eigenvalue weighted by molar-refractivity contribution is 1.15. The molecule has 52 valence electrons. The molecule has 0 spiro atoms. The van der Waals surface area contributed by atoms with E-state index in [1.165, 1.54) is 7.28 Å². The second-order valence-electron chi connectivity index (χ2n) is 2.72. The summed E-state index contributed by atoms with van der Waals surface area (Å²) >= 11 is 0. The predicted molar refractivity (Wildman–Crippen MR) is 50.6 cm³/mol. The molecule has 0 fully saturated rings. The predicted octanol–water partition coefficient (Wildman–Crippen LogP) is 2.03. The fourth-order valence-corrected chi connectivity index (χ4v) is 1.42. The van der Waals surface area contributed by atoms with Crippen LogP contribution in [0.4, 0.5) is 0 Å². The van der Waals surface area contributed by atoms with Gasteiger partial charge < -0.3 is 0 Å². The molecule has 0 aliphatic carbocycles. The first-order chi connectivity index (χ1) is 4.16. The van der Waals surface area contributed by atoms with Crippen LogP contribution in [0.15, 0.2) is 12.2 Å². The highest BCUT2D eigenvalue weighted by Gasteiger charge is 2.01. The van der Waals surface area contributed by atoms with Crippen LogP contribution in [0.5, 0.6) is 0 Å². The Morgan fingerprint density at radius 3 is 2.33 bits per heavy atom. The van der Waals surface area contributed by atoms with E-state index in [9.17, 15) is 0 Å². The molecule has 0 aliphatic rings. The molecule has 0 radical (unpaired) electrons. The second kappa shape index (κ2) is 5.05. The monoisotopic (exact) mass is 142 g/mol. The minimum absolute atomic E-state index is 0.738. The molecular weight excluding hydrogens is 126 g/mol. The molecule has 3 atom stereocenters. The van der Waals surface area contributed by atoms with Gasteiger partial charge in [-0.3, -0.25) is 0 Å². The second-order valence-corrected chi connectivity index (χ2v) is 3.85. The Morgan fingerprint density at radius 1 is 1.44 bits per heavy atom. The highest BCUT2D eigenvalue weighted by molar-refractivity contribution is 7.21. The zero-order valence-corrected chi connectivity index (χ0v) is 7.75. The fraction of sp³-hybridized carbons (Fsp3) is 0.714. The van der Waals surface area contributed by atoms with Crippen molar-refractivity contribution in [2.75, 3.05) is 0 Å². The molecule has 0 aromatic carbocycles. The molecule has 3 unspecified atom stereocenters. The van der Waals surface area contributed by atoms with E-state index in [1.807, 2.05) is 0 Å². The minimum Gasteiger partial charge on any atom is -0.143 e. The molecule has 0 saturated heterocycles. The van der Waals surface area contributed by atoms with Crippen molar-refractivity contribution in [3.63, 3.8) is 0 Å². The maximum absolute atomic E-state index is 2.82. The highest BCUT2D eigenvalue weighted by Crippen LogP contribution is 2.08. The normalized spacial score (nSPS) is 17.8. The number of allylic oxidation sites excluding steroid dienone is 2. The molecule has 0 aromatic rings. The molecule has 2 heteroatoms. The topological polar surface area (TPSA) is 0 Å². The van der Waals surface area contributed by atoms with E-state index in [0.29, 0.717) is 0 Å². The third-order valence-corrected chi connectivity index (χ3v) is 1.54. The van der Waals surface area contributed by atoms with E-state index in [4.69, 9.17) is 0 Å². The van der Waals surface area contributed by atoms with Crippen molar-refractivity contribution in [3.8, 4) is 0 Å². The summed E-state index contributed by atoms with van der Waals surface area (Å²) in [6.45, 7) is 6.55. The van der Waals surface area contributed by atoms with Gasteiger partial charge in [-0.1, -0.05) is 37.4 Å². The number of hydrogen-bond donors (Lipinski definition) is 0. The summed E-state index contributed by atoms with van der Waals surface area (Å²) in [6.07, 6.45) is 4.37. The van der Waals surface area contributed by atoms with Crippen molar-refractivity contribution >= 4 is 16.5 Å². The van der Waals surface area contributed by atoms with Gasteiger partial charge in [0.1, 0.15) is 7.28 Å². The van der Waals surface area contributed by atoms with E-state index in [1.54, 1.807) is 0 Å². The summed E-state index contributed by atoms with van der Waals surface area (Å²) in [5.74, 6) is 0.738. The van der Waals surface area contributed by atoms with Gasteiger partial charge >= 0.3 is 0 Å². The first kappa shape index (κ1) is 9.23. The largest absolute Gasteiger partial charge is 0.143 e. The average molecular weight is 142 g/mol.